The summed E-state index contributed by atoms with van der Waals surface area (Å²) >= 11 is 10.2. The van der Waals surface area contributed by atoms with Crippen molar-refractivity contribution in [3.8, 4) is 0 Å². The minimum Gasteiger partial charge on any atom is -0.411 e. The number of hydrogen-bond acceptors (Lipinski definition) is 6. The SMILES string of the molecule is CC(=NO)c1csc(NS(=O)(=O)c2ccc(Br)cc2Cl)n1. The molecule has 2 aromatic rings. The van der Waals surface area contributed by atoms with Crippen LogP contribution in [0.2, 0.25) is 5.02 Å². The van der Waals surface area contributed by atoms with Gasteiger partial charge < -0.3 is 5.21 Å². The molecule has 0 unspecified atom stereocenters. The summed E-state index contributed by atoms with van der Waals surface area (Å²) in [6.07, 6.45) is 0. The lowest BCUT2D eigenvalue weighted by Crippen LogP contribution is -2.13. The first-order valence-corrected chi connectivity index (χ1v) is 8.99. The fourth-order valence-electron chi connectivity index (χ4n) is 1.40. The van der Waals surface area contributed by atoms with Gasteiger partial charge in [0, 0.05) is 9.85 Å². The molecule has 1 aromatic heterocycles. The van der Waals surface area contributed by atoms with E-state index in [1.807, 2.05) is 0 Å². The lowest BCUT2D eigenvalue weighted by atomic mass is 10.3. The third-order valence-electron chi connectivity index (χ3n) is 2.43. The van der Waals surface area contributed by atoms with Gasteiger partial charge in [0.2, 0.25) is 0 Å². The highest BCUT2D eigenvalue weighted by molar-refractivity contribution is 9.10. The molecule has 2 rings (SSSR count). The molecular formula is C11H9BrClN3O3S2. The summed E-state index contributed by atoms with van der Waals surface area (Å²) in [7, 11) is -3.84. The molecule has 2 N–H and O–H groups in total. The lowest BCUT2D eigenvalue weighted by Gasteiger charge is -2.07. The molecule has 0 bridgehead atoms. The fraction of sp³-hybridized carbons (Fsp3) is 0.0909. The molecule has 0 amide bonds. The summed E-state index contributed by atoms with van der Waals surface area (Å²) in [5.41, 5.74) is 0.681. The molecule has 0 spiro atoms. The van der Waals surface area contributed by atoms with E-state index in [0.717, 1.165) is 11.3 Å². The number of aromatic nitrogens is 1. The van der Waals surface area contributed by atoms with Crippen molar-refractivity contribution in [3.05, 3.63) is 38.8 Å². The monoisotopic (exact) mass is 409 g/mol. The zero-order valence-corrected chi connectivity index (χ0v) is 14.5. The van der Waals surface area contributed by atoms with Crippen LogP contribution in [0.5, 0.6) is 0 Å². The van der Waals surface area contributed by atoms with E-state index in [-0.39, 0.29) is 15.0 Å². The topological polar surface area (TPSA) is 91.7 Å². The van der Waals surface area contributed by atoms with E-state index in [0.29, 0.717) is 15.9 Å². The molecule has 0 aliphatic rings. The molecule has 0 aliphatic heterocycles. The Hall–Kier alpha value is -1.16. The van der Waals surface area contributed by atoms with Crippen molar-refractivity contribution < 1.29 is 13.6 Å². The van der Waals surface area contributed by atoms with Gasteiger partial charge in [0.15, 0.2) is 5.13 Å². The van der Waals surface area contributed by atoms with Gasteiger partial charge in [-0.2, -0.15) is 0 Å². The van der Waals surface area contributed by atoms with Crippen molar-refractivity contribution in [1.29, 1.82) is 0 Å². The maximum Gasteiger partial charge on any atom is 0.265 e. The number of halogens is 2. The summed E-state index contributed by atoms with van der Waals surface area (Å²) in [5, 5.41) is 13.5. The van der Waals surface area contributed by atoms with Gasteiger partial charge >= 0.3 is 0 Å². The number of benzene rings is 1. The molecule has 0 fully saturated rings. The predicted molar refractivity (Wildman–Crippen MR) is 86.1 cm³/mol. The first-order valence-electron chi connectivity index (χ1n) is 5.46. The summed E-state index contributed by atoms with van der Waals surface area (Å²) < 4.78 is 27.5. The minimum atomic E-state index is -3.84. The number of nitrogens with zero attached hydrogens (tertiary/aromatic N) is 2. The van der Waals surface area contributed by atoms with Crippen molar-refractivity contribution in [3.63, 3.8) is 0 Å². The molecule has 6 nitrogen and oxygen atoms in total. The number of thiazole rings is 1. The Labute approximate surface area is 138 Å². The van der Waals surface area contributed by atoms with Crippen LogP contribution in [0.3, 0.4) is 0 Å². The van der Waals surface area contributed by atoms with Crippen molar-refractivity contribution in [1.82, 2.24) is 4.98 Å². The molecule has 0 aliphatic carbocycles. The van der Waals surface area contributed by atoms with Gasteiger partial charge in [-0.25, -0.2) is 13.4 Å². The normalized spacial score (nSPS) is 12.4. The standard InChI is InChI=1S/C11H9BrClN3O3S2/c1-6(15-17)9-5-20-11(14-9)16-21(18,19)10-3-2-7(12)4-8(10)13/h2-5,17H,1H3,(H,14,16). The van der Waals surface area contributed by atoms with Gasteiger partial charge in [0.1, 0.15) is 16.3 Å². The third kappa shape index (κ3) is 3.73. The third-order valence-corrected chi connectivity index (χ3v) is 5.63. The van der Waals surface area contributed by atoms with E-state index in [9.17, 15) is 8.42 Å². The van der Waals surface area contributed by atoms with E-state index in [4.69, 9.17) is 16.8 Å². The molecule has 10 heteroatoms. The second-order valence-corrected chi connectivity index (χ2v) is 7.74. The maximum absolute atomic E-state index is 12.3. The number of anilines is 1. The van der Waals surface area contributed by atoms with E-state index in [2.05, 4.69) is 30.8 Å². The number of oxime groups is 1. The zero-order chi connectivity index (χ0) is 15.6. The minimum absolute atomic E-state index is 0.0448. The molecule has 0 saturated heterocycles. The molecule has 0 atom stereocenters. The van der Waals surface area contributed by atoms with Crippen LogP contribution >= 0.6 is 38.9 Å². The van der Waals surface area contributed by atoms with Crippen LogP contribution in [-0.4, -0.2) is 24.3 Å². The maximum atomic E-state index is 12.3. The molecule has 1 heterocycles. The number of sulfonamides is 1. The average molecular weight is 411 g/mol. The van der Waals surface area contributed by atoms with Crippen LogP contribution in [0.25, 0.3) is 0 Å². The second kappa shape index (κ2) is 6.30. The van der Waals surface area contributed by atoms with Crippen molar-refractivity contribution in [2.45, 2.75) is 11.8 Å². The molecule has 0 radical (unpaired) electrons. The van der Waals surface area contributed by atoms with Crippen molar-refractivity contribution in [2.75, 3.05) is 4.72 Å². The fourth-order valence-corrected chi connectivity index (χ4v) is 4.45. The Balaban J connectivity index is 2.31. The van der Waals surface area contributed by atoms with Gasteiger partial charge in [-0.3, -0.25) is 4.72 Å². The summed E-state index contributed by atoms with van der Waals surface area (Å²) in [6.45, 7) is 1.55. The molecule has 1 aromatic carbocycles. The number of hydrogen-bond donors (Lipinski definition) is 2. The quantitative estimate of drug-likeness (QED) is 0.458. The average Bonchev–Trinajstić information content (AvgIpc) is 2.85. The number of rotatable bonds is 4. The predicted octanol–water partition coefficient (Wildman–Crippen LogP) is 3.56. The molecular weight excluding hydrogens is 402 g/mol. The summed E-state index contributed by atoms with van der Waals surface area (Å²) in [4.78, 5) is 3.98. The van der Waals surface area contributed by atoms with Crippen LogP contribution in [0.15, 0.2) is 38.1 Å². The second-order valence-electron chi connectivity index (χ2n) is 3.90. The Kier molecular flexibility index (Phi) is 4.87. The Morgan fingerprint density at radius 3 is 2.86 bits per heavy atom. The molecule has 0 saturated carbocycles. The van der Waals surface area contributed by atoms with Gasteiger partial charge in [-0.05, 0) is 25.1 Å². The van der Waals surface area contributed by atoms with Crippen LogP contribution in [0.1, 0.15) is 12.6 Å². The van der Waals surface area contributed by atoms with Gasteiger partial charge in [0.25, 0.3) is 10.0 Å². The van der Waals surface area contributed by atoms with Crippen LogP contribution < -0.4 is 4.72 Å². The molecule has 112 valence electrons. The highest BCUT2D eigenvalue weighted by Crippen LogP contribution is 2.27. The number of nitrogens with one attached hydrogen (secondary N) is 1. The van der Waals surface area contributed by atoms with Gasteiger partial charge in [-0.15, -0.1) is 11.3 Å². The molecule has 21 heavy (non-hydrogen) atoms. The van der Waals surface area contributed by atoms with Crippen molar-refractivity contribution >= 4 is 59.7 Å². The van der Waals surface area contributed by atoms with Crippen LogP contribution in [0.4, 0.5) is 5.13 Å². The lowest BCUT2D eigenvalue weighted by molar-refractivity contribution is 0.319. The smallest absolute Gasteiger partial charge is 0.265 e. The first kappa shape index (κ1) is 16.2. The van der Waals surface area contributed by atoms with E-state index in [1.165, 1.54) is 12.1 Å². The van der Waals surface area contributed by atoms with E-state index < -0.39 is 10.0 Å². The summed E-state index contributed by atoms with van der Waals surface area (Å²) in [5.74, 6) is 0. The highest BCUT2D eigenvalue weighted by atomic mass is 79.9. The van der Waals surface area contributed by atoms with Crippen LogP contribution in [-0.2, 0) is 10.0 Å². The first-order chi connectivity index (χ1) is 9.83. The highest BCUT2D eigenvalue weighted by Gasteiger charge is 2.20. The van der Waals surface area contributed by atoms with Gasteiger partial charge in [-0.1, -0.05) is 32.7 Å². The summed E-state index contributed by atoms with van der Waals surface area (Å²) in [6, 6.07) is 4.46. The van der Waals surface area contributed by atoms with E-state index >= 15 is 0 Å². The van der Waals surface area contributed by atoms with E-state index in [1.54, 1.807) is 18.4 Å². The van der Waals surface area contributed by atoms with Gasteiger partial charge in [0.05, 0.1) is 5.02 Å². The Morgan fingerprint density at radius 2 is 2.24 bits per heavy atom. The Bertz CT molecular complexity index is 805. The largest absolute Gasteiger partial charge is 0.411 e. The zero-order valence-electron chi connectivity index (χ0n) is 10.5. The Morgan fingerprint density at radius 1 is 1.52 bits per heavy atom. The van der Waals surface area contributed by atoms with Crippen molar-refractivity contribution in [2.24, 2.45) is 5.16 Å². The van der Waals surface area contributed by atoms with Crippen LogP contribution in [0, 0.1) is 0 Å².